The topological polar surface area (TPSA) is 43.0 Å². The van der Waals surface area contributed by atoms with Crippen molar-refractivity contribution in [3.8, 4) is 17.2 Å². The maximum Gasteiger partial charge on any atom is 0.203 e. The van der Waals surface area contributed by atoms with Crippen LogP contribution in [0.2, 0.25) is 0 Å². The van der Waals surface area contributed by atoms with Gasteiger partial charge in [0.1, 0.15) is 0 Å². The summed E-state index contributed by atoms with van der Waals surface area (Å²) in [6.07, 6.45) is 1.12. The van der Waals surface area contributed by atoms with E-state index in [0.29, 0.717) is 11.5 Å². The lowest BCUT2D eigenvalue weighted by Crippen LogP contribution is -2.32. The summed E-state index contributed by atoms with van der Waals surface area (Å²) in [6, 6.07) is 15.1. The third kappa shape index (κ3) is 3.92. The number of hydrogen-bond acceptors (Lipinski definition) is 6. The van der Waals surface area contributed by atoms with E-state index < -0.39 is 0 Å². The van der Waals surface area contributed by atoms with Gasteiger partial charge in [-0.1, -0.05) is 18.2 Å². The fourth-order valence-corrected chi connectivity index (χ4v) is 5.35. The summed E-state index contributed by atoms with van der Waals surface area (Å²) in [5.74, 6) is 2.07. The summed E-state index contributed by atoms with van der Waals surface area (Å²) >= 11 is 1.85. The van der Waals surface area contributed by atoms with Gasteiger partial charge in [0.05, 0.1) is 27.4 Å². The van der Waals surface area contributed by atoms with Crippen molar-refractivity contribution < 1.29 is 14.2 Å². The molecule has 29 heavy (non-hydrogen) atoms. The van der Waals surface area contributed by atoms with Crippen LogP contribution in [0.4, 0.5) is 0 Å². The van der Waals surface area contributed by atoms with Crippen LogP contribution in [-0.4, -0.2) is 52.4 Å². The number of hydrogen-bond donors (Lipinski definition) is 1. The smallest absolute Gasteiger partial charge is 0.203 e. The van der Waals surface area contributed by atoms with E-state index in [9.17, 15) is 0 Å². The zero-order valence-electron chi connectivity index (χ0n) is 17.2. The zero-order valence-corrected chi connectivity index (χ0v) is 18.1. The fourth-order valence-electron chi connectivity index (χ4n) is 4.13. The van der Waals surface area contributed by atoms with Crippen molar-refractivity contribution in [1.29, 1.82) is 0 Å². The third-order valence-electron chi connectivity index (χ3n) is 5.48. The summed E-state index contributed by atoms with van der Waals surface area (Å²) in [4.78, 5) is 3.87. The van der Waals surface area contributed by atoms with E-state index in [1.165, 1.54) is 15.0 Å². The fraction of sp³-hybridized carbons (Fsp3) is 0.391. The first-order valence-electron chi connectivity index (χ1n) is 9.99. The molecule has 6 heteroatoms. The van der Waals surface area contributed by atoms with Crippen molar-refractivity contribution >= 4 is 21.4 Å². The van der Waals surface area contributed by atoms with Gasteiger partial charge in [0, 0.05) is 34.8 Å². The number of benzene rings is 2. The minimum Gasteiger partial charge on any atom is -0.493 e. The Bertz CT molecular complexity index is 931. The van der Waals surface area contributed by atoms with Gasteiger partial charge in [-0.15, -0.1) is 11.3 Å². The molecule has 1 unspecified atom stereocenters. The normalized spacial score (nSPS) is 16.4. The van der Waals surface area contributed by atoms with E-state index in [1.54, 1.807) is 21.3 Å². The Kier molecular flexibility index (Phi) is 6.23. The van der Waals surface area contributed by atoms with Crippen molar-refractivity contribution in [3.05, 3.63) is 52.9 Å². The molecular weight excluding hydrogens is 384 g/mol. The average Bonchev–Trinajstić information content (AvgIpc) is 3.00. The molecule has 5 nitrogen and oxygen atoms in total. The molecule has 4 rings (SSSR count). The molecule has 1 N–H and O–H groups in total. The highest BCUT2D eigenvalue weighted by molar-refractivity contribution is 7.19. The molecule has 0 saturated carbocycles. The lowest BCUT2D eigenvalue weighted by molar-refractivity contribution is 0.236. The van der Waals surface area contributed by atoms with Crippen LogP contribution in [-0.2, 0) is 0 Å². The van der Waals surface area contributed by atoms with Crippen molar-refractivity contribution in [2.45, 2.75) is 12.5 Å². The molecular formula is C23H28N2O3S. The molecule has 0 bridgehead atoms. The molecule has 1 aliphatic rings. The van der Waals surface area contributed by atoms with Crippen molar-refractivity contribution in [3.63, 3.8) is 0 Å². The van der Waals surface area contributed by atoms with E-state index in [1.807, 2.05) is 17.4 Å². The maximum atomic E-state index is 5.87. The molecule has 0 aliphatic carbocycles. The Labute approximate surface area is 176 Å². The van der Waals surface area contributed by atoms with E-state index in [-0.39, 0.29) is 6.04 Å². The molecule has 0 amide bonds. The first kappa shape index (κ1) is 20.0. The first-order valence-corrected chi connectivity index (χ1v) is 10.8. The Hall–Kier alpha value is -2.28. The van der Waals surface area contributed by atoms with E-state index in [2.05, 4.69) is 46.6 Å². The van der Waals surface area contributed by atoms with Crippen LogP contribution in [0.15, 0.2) is 42.5 Å². The molecule has 0 radical (unpaired) electrons. The Morgan fingerprint density at radius 3 is 2.52 bits per heavy atom. The largest absolute Gasteiger partial charge is 0.493 e. The zero-order chi connectivity index (χ0) is 20.2. The van der Waals surface area contributed by atoms with E-state index >= 15 is 0 Å². The monoisotopic (exact) mass is 412 g/mol. The number of rotatable bonds is 6. The second kappa shape index (κ2) is 9.03. The lowest BCUT2D eigenvalue weighted by Gasteiger charge is -2.31. The Morgan fingerprint density at radius 1 is 0.931 bits per heavy atom. The van der Waals surface area contributed by atoms with Crippen LogP contribution in [0.25, 0.3) is 10.1 Å². The van der Waals surface area contributed by atoms with Crippen molar-refractivity contribution in [1.82, 2.24) is 10.2 Å². The summed E-state index contributed by atoms with van der Waals surface area (Å²) in [5, 5.41) is 4.80. The molecule has 2 heterocycles. The summed E-state index contributed by atoms with van der Waals surface area (Å²) in [6.45, 7) is 4.05. The average molecular weight is 413 g/mol. The predicted octanol–water partition coefficient (Wildman–Crippen LogP) is 4.31. The molecule has 0 spiro atoms. The van der Waals surface area contributed by atoms with Crippen LogP contribution in [0, 0.1) is 0 Å². The summed E-state index contributed by atoms with van der Waals surface area (Å²) in [7, 11) is 5.02. The predicted molar refractivity (Wildman–Crippen MR) is 119 cm³/mol. The van der Waals surface area contributed by atoms with Crippen LogP contribution in [0.5, 0.6) is 17.2 Å². The van der Waals surface area contributed by atoms with Gasteiger partial charge in [-0.2, -0.15) is 0 Å². The molecule has 2 aromatic carbocycles. The molecule has 1 saturated heterocycles. The van der Waals surface area contributed by atoms with Gasteiger partial charge in [0.25, 0.3) is 0 Å². The number of methoxy groups -OCH3 is 3. The van der Waals surface area contributed by atoms with Crippen molar-refractivity contribution in [2.75, 3.05) is 47.5 Å². The van der Waals surface area contributed by atoms with E-state index in [0.717, 1.165) is 43.9 Å². The highest BCUT2D eigenvalue weighted by Gasteiger charge is 2.30. The van der Waals surface area contributed by atoms with Crippen LogP contribution < -0.4 is 19.5 Å². The Morgan fingerprint density at radius 2 is 1.76 bits per heavy atom. The standard InChI is InChI=1S/C23H28N2O3S/c1-26-18-10-9-17(22(27-2)23(18)28-3)21(25-13-6-11-24-12-14-25)20-15-16-7-4-5-8-19(16)29-20/h4-5,7-10,15,21,24H,6,11-14H2,1-3H3. The number of thiophene rings is 1. The summed E-state index contributed by atoms with van der Waals surface area (Å²) < 4.78 is 18.4. The second-order valence-corrected chi connectivity index (χ2v) is 8.27. The van der Waals surface area contributed by atoms with Crippen LogP contribution in [0.1, 0.15) is 22.9 Å². The van der Waals surface area contributed by atoms with E-state index in [4.69, 9.17) is 14.2 Å². The highest BCUT2D eigenvalue weighted by Crippen LogP contribution is 2.47. The molecule has 1 aliphatic heterocycles. The number of ether oxygens (including phenoxy) is 3. The van der Waals surface area contributed by atoms with Crippen LogP contribution >= 0.6 is 11.3 Å². The van der Waals surface area contributed by atoms with Gasteiger partial charge in [0.15, 0.2) is 11.5 Å². The number of fused-ring (bicyclic) bond motifs is 1. The minimum absolute atomic E-state index is 0.0991. The molecule has 154 valence electrons. The lowest BCUT2D eigenvalue weighted by atomic mass is 10.00. The quantitative estimate of drug-likeness (QED) is 0.653. The first-order chi connectivity index (χ1) is 14.3. The molecule has 1 fully saturated rings. The van der Waals surface area contributed by atoms with Crippen molar-refractivity contribution in [2.24, 2.45) is 0 Å². The van der Waals surface area contributed by atoms with Gasteiger partial charge in [-0.25, -0.2) is 0 Å². The number of nitrogens with zero attached hydrogens (tertiary/aromatic N) is 1. The summed E-state index contributed by atoms with van der Waals surface area (Å²) in [5.41, 5.74) is 1.11. The minimum atomic E-state index is 0.0991. The molecule has 3 aromatic rings. The Balaban J connectivity index is 1.88. The molecule has 1 atom stereocenters. The van der Waals surface area contributed by atoms with Gasteiger partial charge >= 0.3 is 0 Å². The van der Waals surface area contributed by atoms with Gasteiger partial charge in [0.2, 0.25) is 5.75 Å². The number of nitrogens with one attached hydrogen (secondary N) is 1. The van der Waals surface area contributed by atoms with Gasteiger partial charge in [-0.3, -0.25) is 4.90 Å². The van der Waals surface area contributed by atoms with Gasteiger partial charge < -0.3 is 19.5 Å². The van der Waals surface area contributed by atoms with Gasteiger partial charge in [-0.05, 0) is 42.6 Å². The molecule has 1 aromatic heterocycles. The second-order valence-electron chi connectivity index (χ2n) is 7.15. The maximum absolute atomic E-state index is 5.87. The SMILES string of the molecule is COc1ccc(C(c2cc3ccccc3s2)N2CCCNCC2)c(OC)c1OC. The third-order valence-corrected chi connectivity index (χ3v) is 6.65. The van der Waals surface area contributed by atoms with Crippen LogP contribution in [0.3, 0.4) is 0 Å². The highest BCUT2D eigenvalue weighted by atomic mass is 32.1.